The number of benzene rings is 1. The predicted octanol–water partition coefficient (Wildman–Crippen LogP) is 0.612. The van der Waals surface area contributed by atoms with Gasteiger partial charge < -0.3 is 14.8 Å². The number of sulfone groups is 1. The number of esters is 1. The summed E-state index contributed by atoms with van der Waals surface area (Å²) in [4.78, 5) is 22.6. The first-order chi connectivity index (χ1) is 9.80. The second-order valence-corrected chi connectivity index (χ2v) is 6.38. The quantitative estimate of drug-likeness (QED) is 0.740. The molecular formula is C13H17NO6S. The molecule has 1 amide bonds. The van der Waals surface area contributed by atoms with Gasteiger partial charge in [-0.05, 0) is 19.1 Å². The van der Waals surface area contributed by atoms with Crippen molar-refractivity contribution in [3.05, 3.63) is 24.3 Å². The Balaban J connectivity index is 2.60. The van der Waals surface area contributed by atoms with Gasteiger partial charge in [-0.1, -0.05) is 6.07 Å². The molecule has 0 atom stereocenters. The Bertz CT molecular complexity index is 611. The van der Waals surface area contributed by atoms with Gasteiger partial charge in [-0.3, -0.25) is 4.79 Å². The Kier molecular flexibility index (Phi) is 6.16. The zero-order valence-electron chi connectivity index (χ0n) is 11.8. The standard InChI is InChI=1S/C13H17NO6S/c1-3-19-13(16)8-20-11-6-4-5-10(7-11)14-12(15)9-21(2,17)18/h4-7H,3,8-9H2,1-2H3,(H,14,15). The number of amides is 1. The number of carbonyl (C=O) groups excluding carboxylic acids is 2. The Morgan fingerprint density at radius 2 is 2.00 bits per heavy atom. The topological polar surface area (TPSA) is 98.8 Å². The molecule has 0 spiro atoms. The second-order valence-electron chi connectivity index (χ2n) is 4.24. The van der Waals surface area contributed by atoms with E-state index in [2.05, 4.69) is 5.32 Å². The first kappa shape index (κ1) is 17.0. The molecule has 0 bridgehead atoms. The Morgan fingerprint density at radius 1 is 1.29 bits per heavy atom. The van der Waals surface area contributed by atoms with Crippen LogP contribution in [-0.4, -0.2) is 45.5 Å². The molecule has 0 fully saturated rings. The van der Waals surface area contributed by atoms with Crippen molar-refractivity contribution in [3.63, 3.8) is 0 Å². The average Bonchev–Trinajstić information content (AvgIpc) is 2.35. The van der Waals surface area contributed by atoms with Gasteiger partial charge in [0.05, 0.1) is 6.61 Å². The fourth-order valence-electron chi connectivity index (χ4n) is 1.44. The lowest BCUT2D eigenvalue weighted by Crippen LogP contribution is -2.22. The summed E-state index contributed by atoms with van der Waals surface area (Å²) in [5.41, 5.74) is 0.380. The van der Waals surface area contributed by atoms with E-state index in [9.17, 15) is 18.0 Å². The molecule has 0 aromatic heterocycles. The highest BCUT2D eigenvalue weighted by molar-refractivity contribution is 7.91. The molecule has 0 aliphatic rings. The molecule has 1 aromatic rings. The minimum atomic E-state index is -3.39. The number of nitrogens with one attached hydrogen (secondary N) is 1. The van der Waals surface area contributed by atoms with Gasteiger partial charge in [-0.2, -0.15) is 0 Å². The van der Waals surface area contributed by atoms with Gasteiger partial charge in [0.2, 0.25) is 5.91 Å². The zero-order valence-corrected chi connectivity index (χ0v) is 12.6. The van der Waals surface area contributed by atoms with E-state index < -0.39 is 27.5 Å². The van der Waals surface area contributed by atoms with Crippen LogP contribution in [0.25, 0.3) is 0 Å². The van der Waals surface area contributed by atoms with E-state index in [0.29, 0.717) is 11.4 Å². The minimum absolute atomic E-state index is 0.241. The Labute approximate surface area is 123 Å². The third-order valence-corrected chi connectivity index (χ3v) is 2.96. The summed E-state index contributed by atoms with van der Waals surface area (Å²) < 4.78 is 31.9. The van der Waals surface area contributed by atoms with Gasteiger partial charge in [0.1, 0.15) is 11.5 Å². The summed E-state index contributed by atoms with van der Waals surface area (Å²) in [6.07, 6.45) is 0.978. The number of rotatable bonds is 7. The maximum absolute atomic E-state index is 11.5. The van der Waals surface area contributed by atoms with Crippen LogP contribution in [-0.2, 0) is 24.2 Å². The lowest BCUT2D eigenvalue weighted by molar-refractivity contribution is -0.145. The summed E-state index contributed by atoms with van der Waals surface area (Å²) in [5.74, 6) is -1.37. The predicted molar refractivity (Wildman–Crippen MR) is 76.9 cm³/mol. The van der Waals surface area contributed by atoms with E-state index in [1.54, 1.807) is 25.1 Å². The second kappa shape index (κ2) is 7.63. The molecule has 8 heteroatoms. The molecule has 1 N–H and O–H groups in total. The van der Waals surface area contributed by atoms with Crippen LogP contribution in [0.4, 0.5) is 5.69 Å². The largest absolute Gasteiger partial charge is 0.482 e. The zero-order chi connectivity index (χ0) is 15.9. The van der Waals surface area contributed by atoms with Crippen LogP contribution >= 0.6 is 0 Å². The summed E-state index contributed by atoms with van der Waals surface area (Å²) in [6, 6.07) is 6.28. The first-order valence-electron chi connectivity index (χ1n) is 6.16. The van der Waals surface area contributed by atoms with E-state index in [1.807, 2.05) is 0 Å². The lowest BCUT2D eigenvalue weighted by Gasteiger charge is -2.08. The highest BCUT2D eigenvalue weighted by atomic mass is 32.2. The van der Waals surface area contributed by atoms with Crippen molar-refractivity contribution in [2.24, 2.45) is 0 Å². The van der Waals surface area contributed by atoms with E-state index in [4.69, 9.17) is 9.47 Å². The van der Waals surface area contributed by atoms with Crippen LogP contribution in [0.1, 0.15) is 6.92 Å². The SMILES string of the molecule is CCOC(=O)COc1cccc(NC(=O)CS(C)(=O)=O)c1. The summed E-state index contributed by atoms with van der Waals surface area (Å²) in [5, 5.41) is 2.44. The maximum Gasteiger partial charge on any atom is 0.344 e. The fraction of sp³-hybridized carbons (Fsp3) is 0.385. The number of anilines is 1. The van der Waals surface area contributed by atoms with Gasteiger partial charge in [0, 0.05) is 18.0 Å². The Hall–Kier alpha value is -2.09. The van der Waals surface area contributed by atoms with Crippen molar-refractivity contribution in [2.45, 2.75) is 6.92 Å². The monoisotopic (exact) mass is 315 g/mol. The van der Waals surface area contributed by atoms with E-state index in [1.165, 1.54) is 6.07 Å². The third-order valence-electron chi connectivity index (χ3n) is 2.17. The van der Waals surface area contributed by atoms with E-state index in [0.717, 1.165) is 6.26 Å². The lowest BCUT2D eigenvalue weighted by atomic mass is 10.3. The summed E-state index contributed by atoms with van der Waals surface area (Å²) in [7, 11) is -3.39. The molecule has 0 aliphatic heterocycles. The van der Waals surface area contributed by atoms with E-state index in [-0.39, 0.29) is 13.2 Å². The molecular weight excluding hydrogens is 298 g/mol. The molecule has 0 radical (unpaired) electrons. The van der Waals surface area contributed by atoms with Crippen LogP contribution < -0.4 is 10.1 Å². The third kappa shape index (κ3) is 7.31. The first-order valence-corrected chi connectivity index (χ1v) is 8.22. The highest BCUT2D eigenvalue weighted by Crippen LogP contribution is 2.17. The van der Waals surface area contributed by atoms with Crippen molar-refractivity contribution in [3.8, 4) is 5.75 Å². The molecule has 7 nitrogen and oxygen atoms in total. The van der Waals surface area contributed by atoms with Gasteiger partial charge in [0.15, 0.2) is 16.4 Å². The number of hydrogen-bond donors (Lipinski definition) is 1. The van der Waals surface area contributed by atoms with Gasteiger partial charge >= 0.3 is 5.97 Å². The van der Waals surface area contributed by atoms with Crippen molar-refractivity contribution >= 4 is 27.4 Å². The fourth-order valence-corrected chi connectivity index (χ4v) is 1.99. The molecule has 0 heterocycles. The van der Waals surface area contributed by atoms with Crippen LogP contribution in [0.2, 0.25) is 0 Å². The van der Waals surface area contributed by atoms with Crippen molar-refractivity contribution < 1.29 is 27.5 Å². The summed E-state index contributed by atoms with van der Waals surface area (Å²) in [6.45, 7) is 1.72. The summed E-state index contributed by atoms with van der Waals surface area (Å²) >= 11 is 0. The van der Waals surface area contributed by atoms with Crippen LogP contribution in [0.15, 0.2) is 24.3 Å². The molecule has 21 heavy (non-hydrogen) atoms. The number of carbonyl (C=O) groups is 2. The normalized spacial score (nSPS) is 10.8. The molecule has 0 saturated heterocycles. The molecule has 0 aliphatic carbocycles. The Morgan fingerprint density at radius 3 is 2.62 bits per heavy atom. The number of ether oxygens (including phenoxy) is 2. The highest BCUT2D eigenvalue weighted by Gasteiger charge is 2.11. The maximum atomic E-state index is 11.5. The molecule has 1 aromatic carbocycles. The number of hydrogen-bond acceptors (Lipinski definition) is 6. The van der Waals surface area contributed by atoms with Crippen LogP contribution in [0.5, 0.6) is 5.75 Å². The van der Waals surface area contributed by atoms with Crippen molar-refractivity contribution in [2.75, 3.05) is 30.5 Å². The molecule has 1 rings (SSSR count). The van der Waals surface area contributed by atoms with Crippen LogP contribution in [0, 0.1) is 0 Å². The average molecular weight is 315 g/mol. The molecule has 0 unspecified atom stereocenters. The smallest absolute Gasteiger partial charge is 0.344 e. The van der Waals surface area contributed by atoms with Gasteiger partial charge in [-0.15, -0.1) is 0 Å². The van der Waals surface area contributed by atoms with Gasteiger partial charge in [0.25, 0.3) is 0 Å². The van der Waals surface area contributed by atoms with Gasteiger partial charge in [-0.25, -0.2) is 13.2 Å². The van der Waals surface area contributed by atoms with E-state index >= 15 is 0 Å². The van der Waals surface area contributed by atoms with Crippen molar-refractivity contribution in [1.29, 1.82) is 0 Å². The van der Waals surface area contributed by atoms with Crippen molar-refractivity contribution in [1.82, 2.24) is 0 Å². The minimum Gasteiger partial charge on any atom is -0.482 e. The van der Waals surface area contributed by atoms with Crippen LogP contribution in [0.3, 0.4) is 0 Å². The molecule has 116 valence electrons. The molecule has 0 saturated carbocycles.